The molecular weight excluding hydrogens is 298 g/mol. The van der Waals surface area contributed by atoms with Crippen LogP contribution in [0, 0.1) is 5.41 Å². The number of nitrogens with zero attached hydrogens (tertiary/aromatic N) is 3. The second kappa shape index (κ2) is 4.56. The van der Waals surface area contributed by atoms with Crippen LogP contribution in [-0.2, 0) is 17.7 Å². The first kappa shape index (κ1) is 14.2. The number of benzene rings is 1. The first-order chi connectivity index (χ1) is 10.5. The predicted molar refractivity (Wildman–Crippen MR) is 84.7 cm³/mol. The molecule has 2 aromatic rings. The second-order valence-electron chi connectivity index (χ2n) is 7.20. The van der Waals surface area contributed by atoms with E-state index >= 15 is 0 Å². The molecule has 0 amide bonds. The third-order valence-corrected chi connectivity index (χ3v) is 5.82. The van der Waals surface area contributed by atoms with Crippen LogP contribution in [0.5, 0.6) is 0 Å². The molecule has 0 radical (unpaired) electrons. The molecule has 1 aromatic heterocycles. The standard InChI is InChI=1S/C17H20ClN3O/c1-15(2)7-8-16(9-13-3-5-14(18)6-4-13)17(15,22-16)10-21-12-19-11-20-21/h3-6,11-12H,7-10H2,1-2H3. The number of hydrogen-bond donors (Lipinski definition) is 0. The number of halogens is 1. The van der Waals surface area contributed by atoms with Crippen molar-refractivity contribution in [2.75, 3.05) is 0 Å². The summed E-state index contributed by atoms with van der Waals surface area (Å²) >= 11 is 5.99. The van der Waals surface area contributed by atoms with Gasteiger partial charge in [0.05, 0.1) is 6.54 Å². The maximum absolute atomic E-state index is 6.43. The first-order valence-electron chi connectivity index (χ1n) is 7.74. The van der Waals surface area contributed by atoms with E-state index in [0.717, 1.165) is 24.4 Å². The van der Waals surface area contributed by atoms with Gasteiger partial charge in [0.2, 0.25) is 0 Å². The van der Waals surface area contributed by atoms with Gasteiger partial charge < -0.3 is 4.74 Å². The zero-order valence-electron chi connectivity index (χ0n) is 12.9. The normalized spacial score (nSPS) is 32.0. The fourth-order valence-corrected chi connectivity index (χ4v) is 4.29. The topological polar surface area (TPSA) is 43.2 Å². The summed E-state index contributed by atoms with van der Waals surface area (Å²) in [5.41, 5.74) is 1.21. The summed E-state index contributed by atoms with van der Waals surface area (Å²) in [5.74, 6) is 0. The lowest BCUT2D eigenvalue weighted by Gasteiger charge is -2.28. The molecule has 2 heterocycles. The summed E-state index contributed by atoms with van der Waals surface area (Å²) in [6.07, 6.45) is 6.56. The molecule has 4 nitrogen and oxygen atoms in total. The lowest BCUT2D eigenvalue weighted by atomic mass is 9.76. The maximum atomic E-state index is 6.43. The Hall–Kier alpha value is -1.39. The fourth-order valence-electron chi connectivity index (χ4n) is 4.16. The van der Waals surface area contributed by atoms with Gasteiger partial charge in [-0.05, 0) is 36.0 Å². The number of rotatable bonds is 4. The van der Waals surface area contributed by atoms with Gasteiger partial charge in [0.15, 0.2) is 0 Å². The Labute approximate surface area is 135 Å². The highest BCUT2D eigenvalue weighted by Gasteiger charge is 2.79. The quantitative estimate of drug-likeness (QED) is 0.811. The molecule has 2 fully saturated rings. The molecule has 1 aliphatic carbocycles. The molecule has 2 unspecified atom stereocenters. The smallest absolute Gasteiger partial charge is 0.137 e. The van der Waals surface area contributed by atoms with Crippen molar-refractivity contribution < 1.29 is 4.74 Å². The number of ether oxygens (including phenoxy) is 1. The minimum absolute atomic E-state index is 0.0731. The van der Waals surface area contributed by atoms with E-state index in [-0.39, 0.29) is 16.6 Å². The number of hydrogen-bond acceptors (Lipinski definition) is 3. The average Bonchev–Trinajstić information content (AvgIpc) is 2.79. The van der Waals surface area contributed by atoms with Gasteiger partial charge in [-0.15, -0.1) is 0 Å². The van der Waals surface area contributed by atoms with Crippen LogP contribution < -0.4 is 0 Å². The van der Waals surface area contributed by atoms with Crippen LogP contribution in [0.2, 0.25) is 5.02 Å². The first-order valence-corrected chi connectivity index (χ1v) is 8.11. The van der Waals surface area contributed by atoms with Gasteiger partial charge in [-0.25, -0.2) is 9.67 Å². The van der Waals surface area contributed by atoms with E-state index in [1.165, 1.54) is 12.0 Å². The Morgan fingerprint density at radius 3 is 2.68 bits per heavy atom. The van der Waals surface area contributed by atoms with Crippen molar-refractivity contribution in [2.45, 2.75) is 50.9 Å². The highest BCUT2D eigenvalue weighted by Crippen LogP contribution is 2.69. The van der Waals surface area contributed by atoms with Crippen molar-refractivity contribution in [1.29, 1.82) is 0 Å². The van der Waals surface area contributed by atoms with Gasteiger partial charge in [0.25, 0.3) is 0 Å². The maximum Gasteiger partial charge on any atom is 0.137 e. The lowest BCUT2D eigenvalue weighted by Crippen LogP contribution is -2.38. The molecule has 1 saturated carbocycles. The fraction of sp³-hybridized carbons (Fsp3) is 0.529. The molecule has 1 aromatic carbocycles. The molecule has 116 valence electrons. The third-order valence-electron chi connectivity index (χ3n) is 5.57. The van der Waals surface area contributed by atoms with Crippen molar-refractivity contribution in [2.24, 2.45) is 5.41 Å². The molecule has 4 rings (SSSR count). The number of fused-ring (bicyclic) bond motifs is 1. The third kappa shape index (κ3) is 1.94. The van der Waals surface area contributed by atoms with E-state index < -0.39 is 0 Å². The molecule has 5 heteroatoms. The Morgan fingerprint density at radius 2 is 2.00 bits per heavy atom. The SMILES string of the molecule is CC1(C)CCC2(Cc3ccc(Cl)cc3)OC12Cn1cncn1. The Balaban J connectivity index is 1.63. The monoisotopic (exact) mass is 317 g/mol. The molecule has 0 spiro atoms. The average molecular weight is 318 g/mol. The van der Waals surface area contributed by atoms with Crippen LogP contribution in [0.3, 0.4) is 0 Å². The van der Waals surface area contributed by atoms with Crippen LogP contribution in [0.25, 0.3) is 0 Å². The largest absolute Gasteiger partial charge is 0.360 e. The highest BCUT2D eigenvalue weighted by molar-refractivity contribution is 6.30. The minimum Gasteiger partial charge on any atom is -0.360 e. The van der Waals surface area contributed by atoms with Crippen molar-refractivity contribution in [1.82, 2.24) is 14.8 Å². The Morgan fingerprint density at radius 1 is 1.23 bits per heavy atom. The molecule has 1 aliphatic heterocycles. The van der Waals surface area contributed by atoms with E-state index in [4.69, 9.17) is 16.3 Å². The minimum atomic E-state index is -0.145. The number of aromatic nitrogens is 3. The molecule has 1 saturated heterocycles. The predicted octanol–water partition coefficient (Wildman–Crippen LogP) is 3.50. The second-order valence-corrected chi connectivity index (χ2v) is 7.64. The van der Waals surface area contributed by atoms with E-state index in [2.05, 4.69) is 36.1 Å². The van der Waals surface area contributed by atoms with Crippen molar-refractivity contribution in [3.05, 3.63) is 47.5 Å². The summed E-state index contributed by atoms with van der Waals surface area (Å²) < 4.78 is 8.33. The molecular formula is C17H20ClN3O. The van der Waals surface area contributed by atoms with E-state index in [0.29, 0.717) is 0 Å². The summed E-state index contributed by atoms with van der Waals surface area (Å²) in [6.45, 7) is 5.38. The lowest BCUT2D eigenvalue weighted by molar-refractivity contribution is 0.0923. The van der Waals surface area contributed by atoms with Gasteiger partial charge in [0.1, 0.15) is 23.9 Å². The van der Waals surface area contributed by atoms with E-state index in [9.17, 15) is 0 Å². The summed E-state index contributed by atoms with van der Waals surface area (Å²) in [6, 6.07) is 8.11. The zero-order valence-corrected chi connectivity index (χ0v) is 13.7. The van der Waals surface area contributed by atoms with Crippen LogP contribution in [0.4, 0.5) is 0 Å². The van der Waals surface area contributed by atoms with Gasteiger partial charge in [-0.1, -0.05) is 37.6 Å². The van der Waals surface area contributed by atoms with E-state index in [1.807, 2.05) is 16.8 Å². The van der Waals surface area contributed by atoms with Crippen molar-refractivity contribution in [3.8, 4) is 0 Å². The van der Waals surface area contributed by atoms with Gasteiger partial charge in [-0.3, -0.25) is 0 Å². The molecule has 2 aliphatic rings. The molecule has 0 bridgehead atoms. The van der Waals surface area contributed by atoms with Gasteiger partial charge in [-0.2, -0.15) is 5.10 Å². The van der Waals surface area contributed by atoms with Crippen LogP contribution in [0.1, 0.15) is 32.3 Å². The van der Waals surface area contributed by atoms with Crippen LogP contribution >= 0.6 is 11.6 Å². The molecule has 22 heavy (non-hydrogen) atoms. The highest BCUT2D eigenvalue weighted by atomic mass is 35.5. The zero-order chi connectivity index (χ0) is 15.4. The Kier molecular flexibility index (Phi) is 2.94. The number of epoxide rings is 1. The van der Waals surface area contributed by atoms with Crippen molar-refractivity contribution in [3.63, 3.8) is 0 Å². The molecule has 2 atom stereocenters. The summed E-state index contributed by atoms with van der Waals surface area (Å²) in [5, 5.41) is 5.05. The molecule has 0 N–H and O–H groups in total. The van der Waals surface area contributed by atoms with Crippen LogP contribution in [-0.4, -0.2) is 26.0 Å². The van der Waals surface area contributed by atoms with Gasteiger partial charge in [0, 0.05) is 11.4 Å². The van der Waals surface area contributed by atoms with Crippen LogP contribution in [0.15, 0.2) is 36.9 Å². The summed E-state index contributed by atoms with van der Waals surface area (Å²) in [7, 11) is 0. The van der Waals surface area contributed by atoms with Crippen molar-refractivity contribution >= 4 is 11.6 Å². The van der Waals surface area contributed by atoms with Gasteiger partial charge >= 0.3 is 0 Å². The van der Waals surface area contributed by atoms with E-state index in [1.54, 1.807) is 12.7 Å². The summed E-state index contributed by atoms with van der Waals surface area (Å²) in [4.78, 5) is 4.06. The Bertz CT molecular complexity index is 682.